The third-order valence-electron chi connectivity index (χ3n) is 2.49. The van der Waals surface area contributed by atoms with E-state index in [2.05, 4.69) is 71.1 Å². The Bertz CT molecular complexity index is 313. The lowest BCUT2D eigenvalue weighted by Crippen LogP contribution is -2.23. The fraction of sp³-hybridized carbons (Fsp3) is 0.538. The van der Waals surface area contributed by atoms with Crippen molar-refractivity contribution in [1.29, 1.82) is 0 Å². The van der Waals surface area contributed by atoms with Crippen LogP contribution in [0.2, 0.25) is 0 Å². The second kappa shape index (κ2) is 7.05. The Kier molecular flexibility index (Phi) is 6.03. The molecule has 0 fully saturated rings. The Hall–Kier alpha value is -0.380. The second-order valence-electron chi connectivity index (χ2n) is 4.52. The normalized spacial score (nSPS) is 11.4. The van der Waals surface area contributed by atoms with Crippen molar-refractivity contribution in [1.82, 2.24) is 9.80 Å². The first kappa shape index (κ1) is 13.7. The molecule has 0 aliphatic carbocycles. The summed E-state index contributed by atoms with van der Waals surface area (Å²) in [6.07, 6.45) is 1.22. The van der Waals surface area contributed by atoms with E-state index in [0.29, 0.717) is 0 Å². The molecule has 0 atom stereocenters. The first-order chi connectivity index (χ1) is 7.58. The standard InChI is InChI=1S/C13H21BrN2/c1-15(2)8-5-9-16(3)11-12-6-4-7-13(14)10-12/h4,6-7,10H,5,8-9,11H2,1-3H3. The number of benzene rings is 1. The molecular formula is C13H21BrN2. The number of nitrogens with zero attached hydrogens (tertiary/aromatic N) is 2. The van der Waals surface area contributed by atoms with Crippen LogP contribution in [-0.2, 0) is 6.54 Å². The van der Waals surface area contributed by atoms with E-state index in [1.807, 2.05) is 0 Å². The van der Waals surface area contributed by atoms with Gasteiger partial charge in [0, 0.05) is 11.0 Å². The highest BCUT2D eigenvalue weighted by molar-refractivity contribution is 9.10. The van der Waals surface area contributed by atoms with E-state index in [9.17, 15) is 0 Å². The summed E-state index contributed by atoms with van der Waals surface area (Å²) in [7, 11) is 6.42. The van der Waals surface area contributed by atoms with E-state index >= 15 is 0 Å². The average molecular weight is 285 g/mol. The number of hydrogen-bond donors (Lipinski definition) is 0. The van der Waals surface area contributed by atoms with Crippen LogP contribution in [-0.4, -0.2) is 44.0 Å². The van der Waals surface area contributed by atoms with Crippen LogP contribution >= 0.6 is 15.9 Å². The molecule has 0 aliphatic rings. The van der Waals surface area contributed by atoms with Gasteiger partial charge in [-0.25, -0.2) is 0 Å². The molecule has 0 aliphatic heterocycles. The van der Waals surface area contributed by atoms with Crippen LogP contribution in [0.1, 0.15) is 12.0 Å². The third kappa shape index (κ3) is 5.64. The van der Waals surface area contributed by atoms with Gasteiger partial charge >= 0.3 is 0 Å². The molecule has 1 aromatic carbocycles. The highest BCUT2D eigenvalue weighted by Crippen LogP contribution is 2.12. The van der Waals surface area contributed by atoms with E-state index in [-0.39, 0.29) is 0 Å². The summed E-state index contributed by atoms with van der Waals surface area (Å²) in [4.78, 5) is 4.60. The molecule has 1 rings (SSSR count). The molecule has 0 heterocycles. The minimum Gasteiger partial charge on any atom is -0.309 e. The Morgan fingerprint density at radius 1 is 1.12 bits per heavy atom. The maximum Gasteiger partial charge on any atom is 0.0231 e. The van der Waals surface area contributed by atoms with Gasteiger partial charge in [0.05, 0.1) is 0 Å². The Morgan fingerprint density at radius 2 is 1.88 bits per heavy atom. The summed E-state index contributed by atoms with van der Waals surface area (Å²) < 4.78 is 1.16. The van der Waals surface area contributed by atoms with Gasteiger partial charge in [0.1, 0.15) is 0 Å². The molecule has 16 heavy (non-hydrogen) atoms. The van der Waals surface area contributed by atoms with Crippen LogP contribution in [0.4, 0.5) is 0 Å². The summed E-state index contributed by atoms with van der Waals surface area (Å²) in [5, 5.41) is 0. The molecule has 0 unspecified atom stereocenters. The second-order valence-corrected chi connectivity index (χ2v) is 5.44. The summed E-state index contributed by atoms with van der Waals surface area (Å²) in [5.74, 6) is 0. The van der Waals surface area contributed by atoms with Crippen LogP contribution in [0.15, 0.2) is 28.7 Å². The van der Waals surface area contributed by atoms with Crippen LogP contribution in [0.25, 0.3) is 0 Å². The molecule has 1 aromatic rings. The molecule has 2 nitrogen and oxygen atoms in total. The molecule has 0 amide bonds. The Balaban J connectivity index is 2.31. The summed E-state index contributed by atoms with van der Waals surface area (Å²) in [6.45, 7) is 3.32. The summed E-state index contributed by atoms with van der Waals surface area (Å²) in [5.41, 5.74) is 1.36. The van der Waals surface area contributed by atoms with E-state index in [1.165, 1.54) is 12.0 Å². The van der Waals surface area contributed by atoms with E-state index < -0.39 is 0 Å². The fourth-order valence-corrected chi connectivity index (χ4v) is 2.13. The van der Waals surface area contributed by atoms with Crippen LogP contribution in [0, 0.1) is 0 Å². The van der Waals surface area contributed by atoms with Gasteiger partial charge in [-0.2, -0.15) is 0 Å². The Labute approximate surface area is 107 Å². The van der Waals surface area contributed by atoms with E-state index in [1.54, 1.807) is 0 Å². The van der Waals surface area contributed by atoms with Crippen molar-refractivity contribution in [3.63, 3.8) is 0 Å². The quantitative estimate of drug-likeness (QED) is 0.793. The molecule has 0 bridgehead atoms. The zero-order chi connectivity index (χ0) is 12.0. The van der Waals surface area contributed by atoms with Crippen molar-refractivity contribution in [2.75, 3.05) is 34.2 Å². The third-order valence-corrected chi connectivity index (χ3v) is 2.98. The first-order valence-corrected chi connectivity index (χ1v) is 6.45. The van der Waals surface area contributed by atoms with Crippen molar-refractivity contribution in [3.05, 3.63) is 34.3 Å². The van der Waals surface area contributed by atoms with E-state index in [4.69, 9.17) is 0 Å². The van der Waals surface area contributed by atoms with Gasteiger partial charge < -0.3 is 9.80 Å². The first-order valence-electron chi connectivity index (χ1n) is 5.65. The highest BCUT2D eigenvalue weighted by atomic mass is 79.9. The SMILES string of the molecule is CN(C)CCCN(C)Cc1cccc(Br)c1. The number of halogens is 1. The van der Waals surface area contributed by atoms with Crippen molar-refractivity contribution in [2.45, 2.75) is 13.0 Å². The van der Waals surface area contributed by atoms with Crippen molar-refractivity contribution in [3.8, 4) is 0 Å². The molecule has 0 aromatic heterocycles. The summed E-state index contributed by atoms with van der Waals surface area (Å²) in [6, 6.07) is 8.51. The molecule has 0 saturated heterocycles. The molecule has 3 heteroatoms. The molecule has 0 N–H and O–H groups in total. The molecule has 0 spiro atoms. The zero-order valence-electron chi connectivity index (χ0n) is 10.4. The van der Waals surface area contributed by atoms with Crippen LogP contribution in [0.3, 0.4) is 0 Å². The van der Waals surface area contributed by atoms with Crippen LogP contribution < -0.4 is 0 Å². The van der Waals surface area contributed by atoms with Crippen molar-refractivity contribution >= 4 is 15.9 Å². The molecule has 90 valence electrons. The minimum atomic E-state index is 1.02. The van der Waals surface area contributed by atoms with Gasteiger partial charge in [-0.15, -0.1) is 0 Å². The van der Waals surface area contributed by atoms with Crippen LogP contribution in [0.5, 0.6) is 0 Å². The smallest absolute Gasteiger partial charge is 0.0231 e. The zero-order valence-corrected chi connectivity index (χ0v) is 12.0. The van der Waals surface area contributed by atoms with E-state index in [0.717, 1.165) is 24.1 Å². The maximum atomic E-state index is 3.50. The lowest BCUT2D eigenvalue weighted by atomic mass is 10.2. The molecular weight excluding hydrogens is 264 g/mol. The van der Waals surface area contributed by atoms with Crippen molar-refractivity contribution in [2.24, 2.45) is 0 Å². The maximum absolute atomic E-state index is 3.50. The highest BCUT2D eigenvalue weighted by Gasteiger charge is 2.01. The fourth-order valence-electron chi connectivity index (χ4n) is 1.68. The van der Waals surface area contributed by atoms with Gasteiger partial charge in [0.2, 0.25) is 0 Å². The average Bonchev–Trinajstić information content (AvgIpc) is 2.16. The summed E-state index contributed by atoms with van der Waals surface area (Å²) >= 11 is 3.50. The number of hydrogen-bond acceptors (Lipinski definition) is 2. The van der Waals surface area contributed by atoms with Gasteiger partial charge in [0.15, 0.2) is 0 Å². The predicted molar refractivity (Wildman–Crippen MR) is 73.6 cm³/mol. The minimum absolute atomic E-state index is 1.02. The lowest BCUT2D eigenvalue weighted by Gasteiger charge is -2.18. The molecule has 0 saturated carbocycles. The molecule has 0 radical (unpaired) electrons. The lowest BCUT2D eigenvalue weighted by molar-refractivity contribution is 0.294. The largest absolute Gasteiger partial charge is 0.309 e. The topological polar surface area (TPSA) is 6.48 Å². The monoisotopic (exact) mass is 284 g/mol. The Morgan fingerprint density at radius 3 is 2.50 bits per heavy atom. The van der Waals surface area contributed by atoms with Gasteiger partial charge in [-0.1, -0.05) is 28.1 Å². The van der Waals surface area contributed by atoms with Crippen molar-refractivity contribution < 1.29 is 0 Å². The van der Waals surface area contributed by atoms with Gasteiger partial charge in [0.25, 0.3) is 0 Å². The number of rotatable bonds is 6. The predicted octanol–water partition coefficient (Wildman–Crippen LogP) is 2.83. The van der Waals surface area contributed by atoms with Gasteiger partial charge in [-0.3, -0.25) is 0 Å². The van der Waals surface area contributed by atoms with Gasteiger partial charge in [-0.05, 0) is 58.3 Å².